The summed E-state index contributed by atoms with van der Waals surface area (Å²) in [5.74, 6) is 0. The zero-order valence-corrected chi connectivity index (χ0v) is 16.1. The molecule has 0 saturated heterocycles. The highest BCUT2D eigenvalue weighted by Gasteiger charge is 2.07. The lowest BCUT2D eigenvalue weighted by Crippen LogP contribution is -2.01. The summed E-state index contributed by atoms with van der Waals surface area (Å²) in [6.45, 7) is 4.54. The molecule has 1 radical (unpaired) electrons. The number of nitrogens with one attached hydrogen (secondary N) is 1. The molecular formula is C23H38N. The van der Waals surface area contributed by atoms with E-state index < -0.39 is 0 Å². The number of rotatable bonds is 15. The molecule has 0 aliphatic heterocycles. The molecule has 1 aromatic carbocycles. The first kappa shape index (κ1) is 20.9. The second-order valence-corrected chi connectivity index (χ2v) is 7.10. The highest BCUT2D eigenvalue weighted by molar-refractivity contribution is 5.79. The van der Waals surface area contributed by atoms with Gasteiger partial charge in [0.05, 0.1) is 6.21 Å². The van der Waals surface area contributed by atoms with Crippen molar-refractivity contribution in [1.82, 2.24) is 0 Å². The first-order valence-electron chi connectivity index (χ1n) is 10.4. The van der Waals surface area contributed by atoms with Gasteiger partial charge in [0.1, 0.15) is 0 Å². The summed E-state index contributed by atoms with van der Waals surface area (Å²) in [5, 5.41) is 7.59. The summed E-state index contributed by atoms with van der Waals surface area (Å²) in [4.78, 5) is 0. The van der Waals surface area contributed by atoms with Gasteiger partial charge in [-0.3, -0.25) is 5.41 Å². The average Bonchev–Trinajstić information content (AvgIpc) is 2.61. The van der Waals surface area contributed by atoms with Crippen LogP contribution in [0.3, 0.4) is 0 Å². The third kappa shape index (κ3) is 8.66. The number of aryl methyl sites for hydroxylation is 1. The standard InChI is InChI=1S/C23H38N/c1-3-5-7-9-11-13-16-21-17-15-18-22(20-24)23(21)19-14-12-10-8-6-4-2/h15,17-18,24H,3-14,16,19H2,1-2H3. The van der Waals surface area contributed by atoms with E-state index in [0.717, 1.165) is 12.0 Å². The highest BCUT2D eigenvalue weighted by atomic mass is 14.3. The van der Waals surface area contributed by atoms with Crippen molar-refractivity contribution < 1.29 is 0 Å². The Bertz CT molecular complexity index is 436. The van der Waals surface area contributed by atoms with E-state index >= 15 is 0 Å². The molecule has 0 aliphatic carbocycles. The van der Waals surface area contributed by atoms with Gasteiger partial charge in [0.25, 0.3) is 0 Å². The topological polar surface area (TPSA) is 23.9 Å². The Morgan fingerprint density at radius 2 is 1.25 bits per heavy atom. The van der Waals surface area contributed by atoms with E-state index in [1.165, 1.54) is 94.6 Å². The van der Waals surface area contributed by atoms with E-state index in [2.05, 4.69) is 38.3 Å². The summed E-state index contributed by atoms with van der Waals surface area (Å²) in [7, 11) is 0. The van der Waals surface area contributed by atoms with E-state index in [9.17, 15) is 0 Å². The maximum atomic E-state index is 7.59. The lowest BCUT2D eigenvalue weighted by Gasteiger charge is -2.12. The molecule has 0 spiro atoms. The van der Waals surface area contributed by atoms with Crippen molar-refractivity contribution in [3.05, 3.63) is 34.9 Å². The molecule has 135 valence electrons. The van der Waals surface area contributed by atoms with Crippen molar-refractivity contribution in [1.29, 1.82) is 5.41 Å². The Kier molecular flexibility index (Phi) is 12.4. The van der Waals surface area contributed by atoms with Crippen LogP contribution in [0.5, 0.6) is 0 Å². The van der Waals surface area contributed by atoms with Crippen LogP contribution in [0, 0.1) is 5.41 Å². The van der Waals surface area contributed by atoms with Crippen LogP contribution in [-0.4, -0.2) is 6.21 Å². The number of unbranched alkanes of at least 4 members (excludes halogenated alkanes) is 10. The summed E-state index contributed by atoms with van der Waals surface area (Å²) in [6, 6.07) is 6.44. The molecule has 1 rings (SSSR count). The molecule has 0 unspecified atom stereocenters. The smallest absolute Gasteiger partial charge is 0.0870 e. The summed E-state index contributed by atoms with van der Waals surface area (Å²) in [6.07, 6.45) is 21.0. The van der Waals surface area contributed by atoms with E-state index in [4.69, 9.17) is 5.41 Å². The van der Waals surface area contributed by atoms with Crippen LogP contribution in [-0.2, 0) is 12.8 Å². The van der Waals surface area contributed by atoms with Crippen LogP contribution in [0.25, 0.3) is 0 Å². The fourth-order valence-electron chi connectivity index (χ4n) is 3.46. The third-order valence-corrected chi connectivity index (χ3v) is 4.99. The second-order valence-electron chi connectivity index (χ2n) is 7.10. The van der Waals surface area contributed by atoms with Crippen LogP contribution in [0.15, 0.2) is 18.2 Å². The lowest BCUT2D eigenvalue weighted by molar-refractivity contribution is 0.599. The SMILES string of the molecule is CCCCCCCCc1cccc([C]=N)c1CCCCCCCC. The predicted molar refractivity (Wildman–Crippen MR) is 107 cm³/mol. The molecule has 0 fully saturated rings. The molecule has 24 heavy (non-hydrogen) atoms. The maximum Gasteiger partial charge on any atom is 0.0870 e. The molecule has 0 amide bonds. The zero-order chi connectivity index (χ0) is 17.5. The minimum absolute atomic E-state index is 1.02. The number of hydrogen-bond acceptors (Lipinski definition) is 1. The van der Waals surface area contributed by atoms with Crippen LogP contribution in [0.1, 0.15) is 108 Å². The third-order valence-electron chi connectivity index (χ3n) is 4.99. The van der Waals surface area contributed by atoms with Crippen molar-refractivity contribution in [2.75, 3.05) is 0 Å². The van der Waals surface area contributed by atoms with Gasteiger partial charge in [-0.05, 0) is 36.8 Å². The van der Waals surface area contributed by atoms with Gasteiger partial charge in [-0.25, -0.2) is 0 Å². The molecule has 0 saturated carbocycles. The van der Waals surface area contributed by atoms with Crippen molar-refractivity contribution in [2.45, 2.75) is 104 Å². The second kappa shape index (κ2) is 14.3. The van der Waals surface area contributed by atoms with Crippen LogP contribution in [0.2, 0.25) is 0 Å². The normalized spacial score (nSPS) is 10.9. The molecule has 0 heterocycles. The van der Waals surface area contributed by atoms with Gasteiger partial charge < -0.3 is 0 Å². The average molecular weight is 329 g/mol. The lowest BCUT2D eigenvalue weighted by atomic mass is 9.92. The van der Waals surface area contributed by atoms with E-state index in [-0.39, 0.29) is 0 Å². The maximum absolute atomic E-state index is 7.59. The number of hydrogen-bond donors (Lipinski definition) is 1. The fraction of sp³-hybridized carbons (Fsp3) is 0.696. The first-order valence-corrected chi connectivity index (χ1v) is 10.4. The van der Waals surface area contributed by atoms with Gasteiger partial charge >= 0.3 is 0 Å². The molecule has 1 heteroatoms. The summed E-state index contributed by atoms with van der Waals surface area (Å²) in [5.41, 5.74) is 3.89. The van der Waals surface area contributed by atoms with Gasteiger partial charge in [-0.15, -0.1) is 0 Å². The Labute approximate surface area is 150 Å². The molecule has 0 aromatic heterocycles. The minimum atomic E-state index is 1.02. The monoisotopic (exact) mass is 328 g/mol. The van der Waals surface area contributed by atoms with E-state index in [1.807, 2.05) is 0 Å². The summed E-state index contributed by atoms with van der Waals surface area (Å²) < 4.78 is 0. The quantitative estimate of drug-likeness (QED) is 0.257. The van der Waals surface area contributed by atoms with Gasteiger partial charge in [0, 0.05) is 5.56 Å². The predicted octanol–water partition coefficient (Wildman–Crippen LogP) is 7.37. The minimum Gasteiger partial charge on any atom is -0.298 e. The van der Waals surface area contributed by atoms with Gasteiger partial charge in [-0.1, -0.05) is 96.3 Å². The Balaban J connectivity index is 2.44. The summed E-state index contributed by atoms with van der Waals surface area (Å²) >= 11 is 0. The molecule has 0 bridgehead atoms. The largest absolute Gasteiger partial charge is 0.298 e. The van der Waals surface area contributed by atoms with Crippen molar-refractivity contribution in [3.8, 4) is 0 Å². The van der Waals surface area contributed by atoms with Crippen LogP contribution < -0.4 is 0 Å². The van der Waals surface area contributed by atoms with E-state index in [1.54, 1.807) is 0 Å². The Morgan fingerprint density at radius 3 is 1.83 bits per heavy atom. The van der Waals surface area contributed by atoms with Crippen molar-refractivity contribution >= 4 is 6.21 Å². The molecule has 1 nitrogen and oxygen atoms in total. The van der Waals surface area contributed by atoms with Gasteiger partial charge in [-0.2, -0.15) is 0 Å². The number of benzene rings is 1. The zero-order valence-electron chi connectivity index (χ0n) is 16.1. The van der Waals surface area contributed by atoms with Gasteiger partial charge in [0.15, 0.2) is 0 Å². The van der Waals surface area contributed by atoms with Crippen LogP contribution in [0.4, 0.5) is 0 Å². The Hall–Kier alpha value is -1.11. The van der Waals surface area contributed by atoms with Crippen molar-refractivity contribution in [2.24, 2.45) is 0 Å². The molecule has 1 N–H and O–H groups in total. The molecule has 1 aromatic rings. The Morgan fingerprint density at radius 1 is 0.708 bits per heavy atom. The van der Waals surface area contributed by atoms with E-state index in [0.29, 0.717) is 0 Å². The first-order chi connectivity index (χ1) is 11.8. The van der Waals surface area contributed by atoms with Crippen molar-refractivity contribution in [3.63, 3.8) is 0 Å². The molecule has 0 aliphatic rings. The van der Waals surface area contributed by atoms with Crippen LogP contribution >= 0.6 is 0 Å². The van der Waals surface area contributed by atoms with Gasteiger partial charge in [0.2, 0.25) is 0 Å². The molecular weight excluding hydrogens is 290 g/mol. The highest BCUT2D eigenvalue weighted by Crippen LogP contribution is 2.20. The fourth-order valence-corrected chi connectivity index (χ4v) is 3.46. The molecule has 0 atom stereocenters.